The van der Waals surface area contributed by atoms with Crippen molar-refractivity contribution in [1.29, 1.82) is 0 Å². The van der Waals surface area contributed by atoms with E-state index in [1.165, 1.54) is 29.8 Å². The summed E-state index contributed by atoms with van der Waals surface area (Å²) in [6.07, 6.45) is 6.06. The minimum atomic E-state index is -3.46. The SMILES string of the molecule is Cc1ccccc1CN(c1ccc(C(=O)N[C@H]2C[C@H]3CC[C@H]2C3)cc1)S(C)(=O)=O. The lowest BCUT2D eigenvalue weighted by atomic mass is 9.95. The van der Waals surface area contributed by atoms with Crippen LogP contribution in [0.3, 0.4) is 0 Å². The van der Waals surface area contributed by atoms with Crippen LogP contribution in [0.1, 0.15) is 47.2 Å². The molecule has 0 radical (unpaired) electrons. The lowest BCUT2D eigenvalue weighted by Crippen LogP contribution is -2.38. The van der Waals surface area contributed by atoms with Crippen LogP contribution in [0.4, 0.5) is 5.69 Å². The van der Waals surface area contributed by atoms with E-state index in [2.05, 4.69) is 5.32 Å². The molecular formula is C23H28N2O3S. The van der Waals surface area contributed by atoms with E-state index in [0.29, 0.717) is 17.2 Å². The number of amides is 1. The Morgan fingerprint density at radius 2 is 1.79 bits per heavy atom. The van der Waals surface area contributed by atoms with E-state index in [9.17, 15) is 13.2 Å². The molecule has 0 spiro atoms. The zero-order chi connectivity index (χ0) is 20.6. The van der Waals surface area contributed by atoms with Crippen LogP contribution in [0.15, 0.2) is 48.5 Å². The average molecular weight is 413 g/mol. The fourth-order valence-corrected chi connectivity index (χ4v) is 5.67. The van der Waals surface area contributed by atoms with Gasteiger partial charge in [0, 0.05) is 11.6 Å². The molecule has 4 rings (SSSR count). The summed E-state index contributed by atoms with van der Waals surface area (Å²) in [5, 5.41) is 3.18. The first kappa shape index (κ1) is 20.0. The average Bonchev–Trinajstić information content (AvgIpc) is 3.30. The minimum absolute atomic E-state index is 0.0705. The van der Waals surface area contributed by atoms with Crippen molar-refractivity contribution in [2.75, 3.05) is 10.6 Å². The number of sulfonamides is 1. The second-order valence-corrected chi connectivity index (χ2v) is 10.4. The number of rotatable bonds is 6. The number of anilines is 1. The highest BCUT2D eigenvalue weighted by atomic mass is 32.2. The van der Waals surface area contributed by atoms with Gasteiger partial charge in [-0.25, -0.2) is 8.42 Å². The minimum Gasteiger partial charge on any atom is -0.349 e. The predicted molar refractivity (Wildman–Crippen MR) is 115 cm³/mol. The summed E-state index contributed by atoms with van der Waals surface area (Å²) in [6.45, 7) is 2.24. The Bertz CT molecular complexity index is 1000. The largest absolute Gasteiger partial charge is 0.349 e. The molecule has 2 aliphatic carbocycles. The van der Waals surface area contributed by atoms with Gasteiger partial charge in [-0.1, -0.05) is 30.7 Å². The predicted octanol–water partition coefficient (Wildman–Crippen LogP) is 3.88. The van der Waals surface area contributed by atoms with Crippen LogP contribution in [-0.4, -0.2) is 26.6 Å². The number of carbonyl (C=O) groups excluding carboxylic acids is 1. The van der Waals surface area contributed by atoms with E-state index in [1.807, 2.05) is 31.2 Å². The number of nitrogens with zero attached hydrogens (tertiary/aromatic N) is 1. The fourth-order valence-electron chi connectivity index (χ4n) is 4.79. The van der Waals surface area contributed by atoms with Crippen molar-refractivity contribution in [2.45, 2.75) is 45.2 Å². The van der Waals surface area contributed by atoms with Gasteiger partial charge in [0.2, 0.25) is 10.0 Å². The molecule has 0 aliphatic heterocycles. The Hall–Kier alpha value is -2.34. The number of nitrogens with one attached hydrogen (secondary N) is 1. The molecule has 2 saturated carbocycles. The molecule has 2 bridgehead atoms. The van der Waals surface area contributed by atoms with E-state index < -0.39 is 10.0 Å². The van der Waals surface area contributed by atoms with Crippen molar-refractivity contribution in [3.63, 3.8) is 0 Å². The third-order valence-corrected chi connectivity index (χ3v) is 7.59. The highest BCUT2D eigenvalue weighted by molar-refractivity contribution is 7.92. The van der Waals surface area contributed by atoms with Crippen LogP contribution in [-0.2, 0) is 16.6 Å². The molecule has 2 aromatic carbocycles. The van der Waals surface area contributed by atoms with E-state index in [4.69, 9.17) is 0 Å². The summed E-state index contributed by atoms with van der Waals surface area (Å²) in [5.74, 6) is 1.33. The lowest BCUT2D eigenvalue weighted by Gasteiger charge is -2.24. The maximum absolute atomic E-state index is 12.6. The molecule has 2 fully saturated rings. The highest BCUT2D eigenvalue weighted by Gasteiger charge is 2.40. The lowest BCUT2D eigenvalue weighted by molar-refractivity contribution is 0.0923. The van der Waals surface area contributed by atoms with Crippen LogP contribution < -0.4 is 9.62 Å². The topological polar surface area (TPSA) is 66.5 Å². The zero-order valence-electron chi connectivity index (χ0n) is 17.0. The first-order valence-corrected chi connectivity index (χ1v) is 12.1. The van der Waals surface area contributed by atoms with Gasteiger partial charge in [0.1, 0.15) is 0 Å². The Kier molecular flexibility index (Phi) is 5.38. The maximum Gasteiger partial charge on any atom is 0.251 e. The second kappa shape index (κ2) is 7.82. The van der Waals surface area contributed by atoms with Gasteiger partial charge in [0.25, 0.3) is 5.91 Å². The van der Waals surface area contributed by atoms with Crippen molar-refractivity contribution >= 4 is 21.6 Å². The molecule has 0 unspecified atom stereocenters. The molecule has 1 amide bonds. The molecule has 5 nitrogen and oxygen atoms in total. The van der Waals surface area contributed by atoms with Crippen molar-refractivity contribution in [2.24, 2.45) is 11.8 Å². The van der Waals surface area contributed by atoms with Gasteiger partial charge in [0.15, 0.2) is 0 Å². The molecule has 0 heterocycles. The monoisotopic (exact) mass is 412 g/mol. The Labute approximate surface area is 173 Å². The van der Waals surface area contributed by atoms with Crippen LogP contribution >= 0.6 is 0 Å². The molecule has 2 aromatic rings. The molecule has 1 N–H and O–H groups in total. The summed E-state index contributed by atoms with van der Waals surface area (Å²) in [7, 11) is -3.46. The molecular weight excluding hydrogens is 384 g/mol. The molecule has 29 heavy (non-hydrogen) atoms. The van der Waals surface area contributed by atoms with Crippen molar-refractivity contribution in [3.05, 3.63) is 65.2 Å². The van der Waals surface area contributed by atoms with Crippen molar-refractivity contribution in [1.82, 2.24) is 5.32 Å². The third-order valence-electron chi connectivity index (χ3n) is 6.45. The van der Waals surface area contributed by atoms with E-state index >= 15 is 0 Å². The van der Waals surface area contributed by atoms with Gasteiger partial charge in [-0.05, 0) is 73.4 Å². The molecule has 0 saturated heterocycles. The maximum atomic E-state index is 12.6. The van der Waals surface area contributed by atoms with Gasteiger partial charge in [0.05, 0.1) is 18.5 Å². The van der Waals surface area contributed by atoms with Crippen LogP contribution in [0.5, 0.6) is 0 Å². The second-order valence-electron chi connectivity index (χ2n) is 8.50. The van der Waals surface area contributed by atoms with Gasteiger partial charge in [-0.15, -0.1) is 0 Å². The first-order valence-electron chi connectivity index (χ1n) is 10.2. The van der Waals surface area contributed by atoms with E-state index in [0.717, 1.165) is 23.5 Å². The molecule has 2 aliphatic rings. The number of benzene rings is 2. The van der Waals surface area contributed by atoms with Crippen LogP contribution in [0.25, 0.3) is 0 Å². The number of fused-ring (bicyclic) bond motifs is 2. The van der Waals surface area contributed by atoms with Crippen molar-refractivity contribution in [3.8, 4) is 0 Å². The van der Waals surface area contributed by atoms with E-state index in [-0.39, 0.29) is 18.5 Å². The fraction of sp³-hybridized carbons (Fsp3) is 0.435. The normalized spacial score (nSPS) is 23.2. The molecule has 3 atom stereocenters. The van der Waals surface area contributed by atoms with Crippen LogP contribution in [0.2, 0.25) is 0 Å². The number of hydrogen-bond acceptors (Lipinski definition) is 3. The standard InChI is InChI=1S/C23H28N2O3S/c1-16-5-3-4-6-20(16)15-25(29(2,27)28)21-11-9-18(10-12-21)23(26)24-22-14-17-7-8-19(22)13-17/h3-6,9-12,17,19,22H,7-8,13-15H2,1-2H3,(H,24,26)/t17-,19-,22-/m0/s1. The van der Waals surface area contributed by atoms with Gasteiger partial charge < -0.3 is 5.32 Å². The summed E-state index contributed by atoms with van der Waals surface area (Å²) in [4.78, 5) is 12.6. The Morgan fingerprint density at radius 3 is 2.38 bits per heavy atom. The van der Waals surface area contributed by atoms with E-state index in [1.54, 1.807) is 24.3 Å². The summed E-state index contributed by atoms with van der Waals surface area (Å²) < 4.78 is 26.2. The first-order chi connectivity index (χ1) is 13.8. The van der Waals surface area contributed by atoms with Crippen molar-refractivity contribution < 1.29 is 13.2 Å². The van der Waals surface area contributed by atoms with Gasteiger partial charge >= 0.3 is 0 Å². The third kappa shape index (κ3) is 4.32. The summed E-state index contributed by atoms with van der Waals surface area (Å²) in [5.41, 5.74) is 3.13. The quantitative estimate of drug-likeness (QED) is 0.783. The molecule has 6 heteroatoms. The zero-order valence-corrected chi connectivity index (χ0v) is 17.8. The van der Waals surface area contributed by atoms with Gasteiger partial charge in [-0.3, -0.25) is 9.10 Å². The number of hydrogen-bond donors (Lipinski definition) is 1. The summed E-state index contributed by atoms with van der Waals surface area (Å²) >= 11 is 0. The Morgan fingerprint density at radius 1 is 1.07 bits per heavy atom. The van der Waals surface area contributed by atoms with Gasteiger partial charge in [-0.2, -0.15) is 0 Å². The smallest absolute Gasteiger partial charge is 0.251 e. The highest BCUT2D eigenvalue weighted by Crippen LogP contribution is 2.44. The molecule has 154 valence electrons. The van der Waals surface area contributed by atoms with Crippen LogP contribution in [0, 0.1) is 18.8 Å². The summed E-state index contributed by atoms with van der Waals surface area (Å²) in [6, 6.07) is 14.9. The number of aryl methyl sites for hydroxylation is 1. The molecule has 0 aromatic heterocycles. The number of carbonyl (C=O) groups is 1. The Balaban J connectivity index is 1.50.